The minimum Gasteiger partial charge on any atom is -0.399 e. The Balaban J connectivity index is 2.48. The molecule has 1 atom stereocenters. The fourth-order valence-corrected chi connectivity index (χ4v) is 2.13. The van der Waals surface area contributed by atoms with Crippen LogP contribution in [-0.4, -0.2) is 23.7 Å². The summed E-state index contributed by atoms with van der Waals surface area (Å²) in [5, 5.41) is 0. The first-order valence-corrected chi connectivity index (χ1v) is 5.79. The van der Waals surface area contributed by atoms with Crippen molar-refractivity contribution in [2.75, 3.05) is 25.2 Å². The average molecular weight is 213 g/mol. The molecule has 1 rings (SSSR count). The van der Waals surface area contributed by atoms with Crippen molar-refractivity contribution in [2.24, 2.45) is 0 Å². The van der Waals surface area contributed by atoms with Crippen molar-refractivity contribution >= 4 is 16.5 Å². The molecule has 3 nitrogen and oxygen atoms in total. The molecule has 14 heavy (non-hydrogen) atoms. The van der Waals surface area contributed by atoms with Crippen LogP contribution in [0.15, 0.2) is 29.2 Å². The zero-order valence-corrected chi connectivity index (χ0v) is 9.05. The van der Waals surface area contributed by atoms with Crippen molar-refractivity contribution in [2.45, 2.75) is 11.3 Å². The molecule has 0 aromatic heterocycles. The quantitative estimate of drug-likeness (QED) is 0.594. The van der Waals surface area contributed by atoms with Gasteiger partial charge in [0.2, 0.25) is 0 Å². The Hall–Kier alpha value is -0.870. The highest BCUT2D eigenvalue weighted by atomic mass is 32.2. The van der Waals surface area contributed by atoms with Gasteiger partial charge in [-0.05, 0) is 30.7 Å². The summed E-state index contributed by atoms with van der Waals surface area (Å²) in [6.07, 6.45) is 0.813. The van der Waals surface area contributed by atoms with Crippen LogP contribution in [0.1, 0.15) is 6.42 Å². The van der Waals surface area contributed by atoms with Crippen LogP contribution >= 0.6 is 0 Å². The molecule has 0 aliphatic heterocycles. The molecule has 0 saturated carbocycles. The maximum absolute atomic E-state index is 11.6. The van der Waals surface area contributed by atoms with E-state index in [0.717, 1.165) is 11.3 Å². The highest BCUT2D eigenvalue weighted by molar-refractivity contribution is 7.85. The number of hydrogen-bond donors (Lipinski definition) is 1. The van der Waals surface area contributed by atoms with Crippen LogP contribution in [0.25, 0.3) is 0 Å². The van der Waals surface area contributed by atoms with Crippen molar-refractivity contribution in [3.05, 3.63) is 24.3 Å². The van der Waals surface area contributed by atoms with Crippen molar-refractivity contribution < 1.29 is 8.95 Å². The van der Waals surface area contributed by atoms with Gasteiger partial charge in [-0.1, -0.05) is 0 Å². The average Bonchev–Trinajstić information content (AvgIpc) is 2.19. The molecule has 1 aromatic carbocycles. The second kappa shape index (κ2) is 5.78. The zero-order chi connectivity index (χ0) is 10.4. The topological polar surface area (TPSA) is 52.3 Å². The lowest BCUT2D eigenvalue weighted by Crippen LogP contribution is -2.01. The van der Waals surface area contributed by atoms with Crippen LogP contribution in [0.4, 0.5) is 5.69 Å². The summed E-state index contributed by atoms with van der Waals surface area (Å²) < 4.78 is 16.5. The van der Waals surface area contributed by atoms with E-state index < -0.39 is 10.8 Å². The molecule has 78 valence electrons. The molecular formula is C10H15NO2S. The number of nitrogens with two attached hydrogens (primary N) is 1. The van der Waals surface area contributed by atoms with E-state index in [2.05, 4.69) is 0 Å². The molecule has 0 aliphatic carbocycles. The Morgan fingerprint density at radius 2 is 2.00 bits per heavy atom. The molecular weight excluding hydrogens is 198 g/mol. The summed E-state index contributed by atoms with van der Waals surface area (Å²) >= 11 is 0. The molecule has 2 N–H and O–H groups in total. The van der Waals surface area contributed by atoms with Crippen LogP contribution in [0, 0.1) is 0 Å². The molecule has 1 aromatic rings. The fraction of sp³-hybridized carbons (Fsp3) is 0.400. The van der Waals surface area contributed by atoms with Crippen LogP contribution < -0.4 is 5.73 Å². The molecule has 4 heteroatoms. The van der Waals surface area contributed by atoms with E-state index in [1.165, 1.54) is 0 Å². The van der Waals surface area contributed by atoms with Gasteiger partial charge >= 0.3 is 0 Å². The molecule has 0 amide bonds. The fourth-order valence-electron chi connectivity index (χ4n) is 1.07. The van der Waals surface area contributed by atoms with E-state index in [0.29, 0.717) is 18.0 Å². The van der Waals surface area contributed by atoms with Crippen molar-refractivity contribution in [1.82, 2.24) is 0 Å². The molecule has 0 heterocycles. The van der Waals surface area contributed by atoms with E-state index >= 15 is 0 Å². The largest absolute Gasteiger partial charge is 0.399 e. The smallest absolute Gasteiger partial charge is 0.0530 e. The number of rotatable bonds is 5. The summed E-state index contributed by atoms with van der Waals surface area (Å²) in [5.41, 5.74) is 6.23. The molecule has 0 spiro atoms. The van der Waals surface area contributed by atoms with Crippen LogP contribution in [0.3, 0.4) is 0 Å². The Bertz CT molecular complexity index is 297. The maximum Gasteiger partial charge on any atom is 0.0530 e. The Labute approximate surface area is 86.7 Å². The normalized spacial score (nSPS) is 12.6. The van der Waals surface area contributed by atoms with Crippen molar-refractivity contribution in [3.63, 3.8) is 0 Å². The van der Waals surface area contributed by atoms with Gasteiger partial charge in [0.15, 0.2) is 0 Å². The minimum atomic E-state index is -0.929. The Morgan fingerprint density at radius 3 is 2.57 bits per heavy atom. The molecule has 0 radical (unpaired) electrons. The number of hydrogen-bond acceptors (Lipinski definition) is 3. The summed E-state index contributed by atoms with van der Waals surface area (Å²) in [6.45, 7) is 0.653. The molecule has 1 unspecified atom stereocenters. The summed E-state index contributed by atoms with van der Waals surface area (Å²) in [7, 11) is 0.716. The molecule has 0 aliphatic rings. The second-order valence-electron chi connectivity index (χ2n) is 2.97. The predicted octanol–water partition coefficient (Wildman–Crippen LogP) is 1.41. The van der Waals surface area contributed by atoms with Gasteiger partial charge in [-0.25, -0.2) is 0 Å². The molecule has 0 bridgehead atoms. The van der Waals surface area contributed by atoms with Gasteiger partial charge in [0, 0.05) is 30.1 Å². The first-order chi connectivity index (χ1) is 6.74. The SMILES string of the molecule is COCCCS(=O)c1ccc(N)cc1. The number of nitrogen functional groups attached to an aromatic ring is 1. The van der Waals surface area contributed by atoms with Crippen LogP contribution in [0.2, 0.25) is 0 Å². The standard InChI is InChI=1S/C10H15NO2S/c1-13-7-2-8-14(12)10-5-3-9(11)4-6-10/h3-6H,2,7-8,11H2,1H3. The Morgan fingerprint density at radius 1 is 1.36 bits per heavy atom. The van der Waals surface area contributed by atoms with Gasteiger partial charge in [-0.3, -0.25) is 4.21 Å². The number of benzene rings is 1. The highest BCUT2D eigenvalue weighted by Gasteiger charge is 2.02. The number of methoxy groups -OCH3 is 1. The van der Waals surface area contributed by atoms with Crippen LogP contribution in [0.5, 0.6) is 0 Å². The molecule has 0 saturated heterocycles. The summed E-state index contributed by atoms with van der Waals surface area (Å²) in [6, 6.07) is 7.14. The lowest BCUT2D eigenvalue weighted by Gasteiger charge is -2.02. The van der Waals surface area contributed by atoms with Gasteiger partial charge in [0.1, 0.15) is 0 Å². The van der Waals surface area contributed by atoms with Gasteiger partial charge in [0.05, 0.1) is 10.8 Å². The van der Waals surface area contributed by atoms with E-state index in [-0.39, 0.29) is 0 Å². The lowest BCUT2D eigenvalue weighted by molar-refractivity contribution is 0.200. The third-order valence-corrected chi connectivity index (χ3v) is 3.28. The van der Waals surface area contributed by atoms with E-state index in [1.54, 1.807) is 31.4 Å². The summed E-state index contributed by atoms with van der Waals surface area (Å²) in [4.78, 5) is 0.829. The van der Waals surface area contributed by atoms with E-state index in [4.69, 9.17) is 10.5 Å². The highest BCUT2D eigenvalue weighted by Crippen LogP contribution is 2.10. The van der Waals surface area contributed by atoms with Gasteiger partial charge in [-0.15, -0.1) is 0 Å². The van der Waals surface area contributed by atoms with Gasteiger partial charge < -0.3 is 10.5 Å². The summed E-state index contributed by atoms with van der Waals surface area (Å²) in [5.74, 6) is 0.637. The molecule has 0 fully saturated rings. The third kappa shape index (κ3) is 3.47. The predicted molar refractivity (Wildman–Crippen MR) is 58.6 cm³/mol. The maximum atomic E-state index is 11.6. The third-order valence-electron chi connectivity index (χ3n) is 1.82. The first-order valence-electron chi connectivity index (χ1n) is 4.47. The van der Waals surface area contributed by atoms with Gasteiger partial charge in [-0.2, -0.15) is 0 Å². The van der Waals surface area contributed by atoms with Crippen molar-refractivity contribution in [1.29, 1.82) is 0 Å². The van der Waals surface area contributed by atoms with Crippen LogP contribution in [-0.2, 0) is 15.5 Å². The Kier molecular flexibility index (Phi) is 4.62. The van der Waals surface area contributed by atoms with E-state index in [1.807, 2.05) is 0 Å². The number of ether oxygens (including phenoxy) is 1. The van der Waals surface area contributed by atoms with E-state index in [9.17, 15) is 4.21 Å². The lowest BCUT2D eigenvalue weighted by atomic mass is 10.3. The van der Waals surface area contributed by atoms with Gasteiger partial charge in [0.25, 0.3) is 0 Å². The first kappa shape index (κ1) is 11.2. The second-order valence-corrected chi connectivity index (χ2v) is 4.54. The zero-order valence-electron chi connectivity index (χ0n) is 8.23. The van der Waals surface area contributed by atoms with Crippen molar-refractivity contribution in [3.8, 4) is 0 Å². The monoisotopic (exact) mass is 213 g/mol. The number of anilines is 1. The minimum absolute atomic E-state index is 0.637.